The largest absolute Gasteiger partial charge is 0.496 e. The Hall–Kier alpha value is -2.51. The van der Waals surface area contributed by atoms with Crippen molar-refractivity contribution in [3.8, 4) is 17.2 Å². The summed E-state index contributed by atoms with van der Waals surface area (Å²) in [6, 6.07) is 12.8. The first-order chi connectivity index (χ1) is 13.5. The van der Waals surface area contributed by atoms with Crippen LogP contribution in [0, 0.1) is 6.92 Å². The number of nitrogens with zero attached hydrogens (tertiary/aromatic N) is 2. The van der Waals surface area contributed by atoms with E-state index in [4.69, 9.17) is 20.8 Å². The Kier molecular flexibility index (Phi) is 6.59. The molecule has 0 saturated heterocycles. The third kappa shape index (κ3) is 5.05. The summed E-state index contributed by atoms with van der Waals surface area (Å²) in [4.78, 5) is 12.3. The maximum atomic E-state index is 12.3. The van der Waals surface area contributed by atoms with Crippen molar-refractivity contribution < 1.29 is 13.9 Å². The molecular formula is C20H20ClN3O3S. The summed E-state index contributed by atoms with van der Waals surface area (Å²) >= 11 is 7.07. The third-order valence-corrected chi connectivity index (χ3v) is 5.12. The highest BCUT2D eigenvalue weighted by Crippen LogP contribution is 2.27. The van der Waals surface area contributed by atoms with Crippen LogP contribution in [0.1, 0.15) is 24.1 Å². The number of carbonyl (C=O) groups excluding carboxylic acids is 1. The summed E-state index contributed by atoms with van der Waals surface area (Å²) in [6.07, 6.45) is 0. The van der Waals surface area contributed by atoms with E-state index in [2.05, 4.69) is 15.5 Å². The summed E-state index contributed by atoms with van der Waals surface area (Å²) in [7, 11) is 1.62. The highest BCUT2D eigenvalue weighted by atomic mass is 35.5. The molecule has 0 aliphatic rings. The van der Waals surface area contributed by atoms with Crippen molar-refractivity contribution in [2.24, 2.45) is 0 Å². The fourth-order valence-corrected chi connectivity index (χ4v) is 3.36. The van der Waals surface area contributed by atoms with Crippen molar-refractivity contribution in [3.63, 3.8) is 0 Å². The van der Waals surface area contributed by atoms with Crippen LogP contribution in [0.3, 0.4) is 0 Å². The second kappa shape index (κ2) is 9.12. The lowest BCUT2D eigenvalue weighted by atomic mass is 10.0. The second-order valence-electron chi connectivity index (χ2n) is 6.20. The number of carbonyl (C=O) groups is 1. The molecule has 6 nitrogen and oxygen atoms in total. The molecule has 0 bridgehead atoms. The standard InChI is InChI=1S/C20H20ClN3O3S/c1-12-4-9-17(26-3)16(10-12)13(2)22-18(25)11-28-20-24-23-19(27-20)14-5-7-15(21)8-6-14/h4-10,13H,11H2,1-3H3,(H,22,25). The Morgan fingerprint density at radius 3 is 2.71 bits per heavy atom. The van der Waals surface area contributed by atoms with E-state index in [-0.39, 0.29) is 17.7 Å². The Labute approximate surface area is 172 Å². The van der Waals surface area contributed by atoms with Crippen LogP contribution in [0.15, 0.2) is 52.1 Å². The molecule has 0 spiro atoms. The average Bonchev–Trinajstić information content (AvgIpc) is 3.16. The fraction of sp³-hybridized carbons (Fsp3) is 0.250. The molecule has 3 aromatic rings. The zero-order chi connectivity index (χ0) is 20.1. The molecule has 1 heterocycles. The molecule has 1 atom stereocenters. The molecule has 0 aliphatic heterocycles. The number of ether oxygens (including phenoxy) is 1. The molecule has 0 fully saturated rings. The van der Waals surface area contributed by atoms with Crippen molar-refractivity contribution >= 4 is 29.3 Å². The predicted molar refractivity (Wildman–Crippen MR) is 110 cm³/mol. The maximum absolute atomic E-state index is 12.3. The van der Waals surface area contributed by atoms with Gasteiger partial charge in [0.15, 0.2) is 0 Å². The molecule has 3 rings (SSSR count). The van der Waals surface area contributed by atoms with E-state index < -0.39 is 0 Å². The molecule has 1 unspecified atom stereocenters. The van der Waals surface area contributed by atoms with Crippen molar-refractivity contribution in [3.05, 3.63) is 58.6 Å². The van der Waals surface area contributed by atoms with Crippen molar-refractivity contribution in [1.82, 2.24) is 15.5 Å². The van der Waals surface area contributed by atoms with E-state index in [1.165, 1.54) is 11.8 Å². The number of methoxy groups -OCH3 is 1. The summed E-state index contributed by atoms with van der Waals surface area (Å²) in [6.45, 7) is 3.92. The van der Waals surface area contributed by atoms with Gasteiger partial charge in [0, 0.05) is 16.1 Å². The monoisotopic (exact) mass is 417 g/mol. The van der Waals surface area contributed by atoms with Crippen molar-refractivity contribution in [2.75, 3.05) is 12.9 Å². The SMILES string of the molecule is COc1ccc(C)cc1C(C)NC(=O)CSc1nnc(-c2ccc(Cl)cc2)o1. The zero-order valence-corrected chi connectivity index (χ0v) is 17.3. The number of aryl methyl sites for hydroxylation is 1. The fourth-order valence-electron chi connectivity index (χ4n) is 2.66. The molecule has 1 aromatic heterocycles. The lowest BCUT2D eigenvalue weighted by molar-refractivity contribution is -0.119. The van der Waals surface area contributed by atoms with Crippen molar-refractivity contribution in [1.29, 1.82) is 0 Å². The minimum atomic E-state index is -0.185. The number of rotatable bonds is 7. The Bertz CT molecular complexity index is 960. The van der Waals surface area contributed by atoms with Crippen LogP contribution in [0.5, 0.6) is 5.75 Å². The predicted octanol–water partition coefficient (Wildman–Crippen LogP) is 4.68. The Morgan fingerprint density at radius 1 is 1.25 bits per heavy atom. The van der Waals surface area contributed by atoms with Gasteiger partial charge in [-0.2, -0.15) is 0 Å². The number of nitrogens with one attached hydrogen (secondary N) is 1. The third-order valence-electron chi connectivity index (χ3n) is 4.05. The quantitative estimate of drug-likeness (QED) is 0.562. The molecule has 1 amide bonds. The summed E-state index contributed by atoms with van der Waals surface area (Å²) in [5.41, 5.74) is 2.81. The number of halogens is 1. The van der Waals surface area contributed by atoms with Crippen LogP contribution >= 0.6 is 23.4 Å². The van der Waals surface area contributed by atoms with Gasteiger partial charge in [0.2, 0.25) is 11.8 Å². The van der Waals surface area contributed by atoms with Gasteiger partial charge >= 0.3 is 0 Å². The van der Waals surface area contributed by atoms with Gasteiger partial charge in [-0.15, -0.1) is 10.2 Å². The molecule has 0 saturated carbocycles. The van der Waals surface area contributed by atoms with Crippen molar-refractivity contribution in [2.45, 2.75) is 25.1 Å². The van der Waals surface area contributed by atoms with Crippen LogP contribution in [0.4, 0.5) is 0 Å². The second-order valence-corrected chi connectivity index (χ2v) is 7.57. The number of thioether (sulfide) groups is 1. The highest BCUT2D eigenvalue weighted by molar-refractivity contribution is 7.99. The highest BCUT2D eigenvalue weighted by Gasteiger charge is 2.16. The maximum Gasteiger partial charge on any atom is 0.277 e. The molecule has 28 heavy (non-hydrogen) atoms. The van der Waals surface area contributed by atoms with Crippen LogP contribution in [-0.2, 0) is 4.79 Å². The first kappa shape index (κ1) is 20.2. The van der Waals surface area contributed by atoms with E-state index in [9.17, 15) is 4.79 Å². The molecule has 146 valence electrons. The van der Waals surface area contributed by atoms with Gasteiger partial charge in [0.25, 0.3) is 5.22 Å². The van der Waals surface area contributed by atoms with Gasteiger partial charge in [-0.25, -0.2) is 0 Å². The van der Waals surface area contributed by atoms with Crippen LogP contribution in [0.2, 0.25) is 5.02 Å². The zero-order valence-electron chi connectivity index (χ0n) is 15.7. The number of hydrogen-bond acceptors (Lipinski definition) is 6. The van der Waals surface area contributed by atoms with Gasteiger partial charge in [-0.1, -0.05) is 41.1 Å². The Balaban J connectivity index is 1.57. The number of amides is 1. The first-order valence-electron chi connectivity index (χ1n) is 8.62. The summed E-state index contributed by atoms with van der Waals surface area (Å²) < 4.78 is 11.0. The van der Waals surface area contributed by atoms with Gasteiger partial charge in [-0.05, 0) is 44.2 Å². The smallest absolute Gasteiger partial charge is 0.277 e. The minimum absolute atomic E-state index is 0.132. The molecule has 8 heteroatoms. The number of hydrogen-bond donors (Lipinski definition) is 1. The summed E-state index contributed by atoms with van der Waals surface area (Å²) in [5, 5.41) is 11.9. The van der Waals surface area contributed by atoms with E-state index >= 15 is 0 Å². The molecule has 2 aromatic carbocycles. The lowest BCUT2D eigenvalue weighted by Crippen LogP contribution is -2.28. The molecule has 0 aliphatic carbocycles. The Morgan fingerprint density at radius 2 is 2.00 bits per heavy atom. The van der Waals surface area contributed by atoms with E-state index in [0.717, 1.165) is 22.4 Å². The van der Waals surface area contributed by atoms with Crippen LogP contribution in [-0.4, -0.2) is 29.0 Å². The first-order valence-corrected chi connectivity index (χ1v) is 9.98. The van der Waals surface area contributed by atoms with Crippen LogP contribution < -0.4 is 10.1 Å². The number of benzene rings is 2. The molecule has 1 N–H and O–H groups in total. The van der Waals surface area contributed by atoms with E-state index in [1.54, 1.807) is 31.4 Å². The minimum Gasteiger partial charge on any atom is -0.496 e. The summed E-state index contributed by atoms with van der Waals surface area (Å²) in [5.74, 6) is 1.17. The van der Waals surface area contributed by atoms with Gasteiger partial charge in [-0.3, -0.25) is 4.79 Å². The number of aromatic nitrogens is 2. The van der Waals surface area contributed by atoms with Gasteiger partial charge < -0.3 is 14.5 Å². The van der Waals surface area contributed by atoms with E-state index in [1.807, 2.05) is 32.0 Å². The topological polar surface area (TPSA) is 77.2 Å². The van der Waals surface area contributed by atoms with Gasteiger partial charge in [0.1, 0.15) is 5.75 Å². The van der Waals surface area contributed by atoms with E-state index in [0.29, 0.717) is 16.1 Å². The lowest BCUT2D eigenvalue weighted by Gasteiger charge is -2.17. The van der Waals surface area contributed by atoms with Gasteiger partial charge in [0.05, 0.1) is 18.9 Å². The molecule has 0 radical (unpaired) electrons. The average molecular weight is 418 g/mol. The molecular weight excluding hydrogens is 398 g/mol. The van der Waals surface area contributed by atoms with Crippen LogP contribution in [0.25, 0.3) is 11.5 Å². The normalized spacial score (nSPS) is 11.9.